The first-order chi connectivity index (χ1) is 10.1. The number of hydrogen-bond acceptors (Lipinski definition) is 6. The summed E-state index contributed by atoms with van der Waals surface area (Å²) in [6.07, 6.45) is 1.77. The van der Waals surface area contributed by atoms with Gasteiger partial charge in [-0.25, -0.2) is 0 Å². The van der Waals surface area contributed by atoms with Crippen LogP contribution in [0.5, 0.6) is 0 Å². The third kappa shape index (κ3) is 4.01. The lowest BCUT2D eigenvalue weighted by atomic mass is 9.97. The molecule has 0 N–H and O–H groups in total. The van der Waals surface area contributed by atoms with Gasteiger partial charge in [0.2, 0.25) is 0 Å². The predicted molar refractivity (Wildman–Crippen MR) is 72.7 cm³/mol. The van der Waals surface area contributed by atoms with Gasteiger partial charge in [0.15, 0.2) is 5.92 Å². The Bertz CT molecular complexity index is 594. The quantitative estimate of drug-likeness (QED) is 0.348. The first kappa shape index (κ1) is 16.1. The molecule has 1 aromatic rings. The highest BCUT2D eigenvalue weighted by atomic mass is 16.5. The number of methoxy groups -OCH3 is 2. The molecule has 0 saturated carbocycles. The summed E-state index contributed by atoms with van der Waals surface area (Å²) < 4.78 is 9.02. The van der Waals surface area contributed by atoms with E-state index >= 15 is 0 Å². The number of nitrogens with zero attached hydrogens (tertiary/aromatic N) is 1. The second kappa shape index (κ2) is 7.60. The van der Waals surface area contributed by atoms with Crippen molar-refractivity contribution in [1.29, 1.82) is 5.26 Å². The van der Waals surface area contributed by atoms with Gasteiger partial charge in [-0.05, 0) is 23.8 Å². The normalized spacial score (nSPS) is 10.7. The third-order valence-electron chi connectivity index (χ3n) is 2.72. The van der Waals surface area contributed by atoms with E-state index in [1.54, 1.807) is 24.3 Å². The second-order valence-corrected chi connectivity index (χ2v) is 3.98. The van der Waals surface area contributed by atoms with Crippen molar-refractivity contribution in [1.82, 2.24) is 0 Å². The zero-order valence-corrected chi connectivity index (χ0v) is 11.5. The summed E-state index contributed by atoms with van der Waals surface area (Å²) in [5.74, 6) is -3.20. The van der Waals surface area contributed by atoms with E-state index in [0.717, 1.165) is 14.2 Å². The van der Waals surface area contributed by atoms with Crippen LogP contribution in [0.2, 0.25) is 0 Å². The van der Waals surface area contributed by atoms with E-state index in [0.29, 0.717) is 17.4 Å². The van der Waals surface area contributed by atoms with Crippen molar-refractivity contribution in [2.75, 3.05) is 14.2 Å². The molecule has 0 aliphatic heterocycles. The number of aldehydes is 1. The average molecular weight is 287 g/mol. The first-order valence-corrected chi connectivity index (χ1v) is 5.90. The van der Waals surface area contributed by atoms with Crippen LogP contribution in [0.4, 0.5) is 0 Å². The van der Waals surface area contributed by atoms with Crippen molar-refractivity contribution in [3.05, 3.63) is 41.0 Å². The molecule has 21 heavy (non-hydrogen) atoms. The van der Waals surface area contributed by atoms with E-state index in [4.69, 9.17) is 5.26 Å². The summed E-state index contributed by atoms with van der Waals surface area (Å²) in [7, 11) is 2.23. The van der Waals surface area contributed by atoms with Gasteiger partial charge in [0, 0.05) is 5.57 Å². The molecule has 0 aromatic heterocycles. The largest absolute Gasteiger partial charge is 0.468 e. The van der Waals surface area contributed by atoms with Crippen LogP contribution >= 0.6 is 0 Å². The van der Waals surface area contributed by atoms with Crippen LogP contribution in [0.25, 0.3) is 6.08 Å². The van der Waals surface area contributed by atoms with Gasteiger partial charge in [0.1, 0.15) is 6.29 Å². The summed E-state index contributed by atoms with van der Waals surface area (Å²) in [6.45, 7) is 0. The van der Waals surface area contributed by atoms with E-state index in [1.807, 2.05) is 6.07 Å². The van der Waals surface area contributed by atoms with Crippen LogP contribution in [0.1, 0.15) is 11.1 Å². The molecular weight excluding hydrogens is 274 g/mol. The molecule has 6 nitrogen and oxygen atoms in total. The third-order valence-corrected chi connectivity index (χ3v) is 2.72. The summed E-state index contributed by atoms with van der Waals surface area (Å²) in [4.78, 5) is 34.5. The topological polar surface area (TPSA) is 93.5 Å². The summed E-state index contributed by atoms with van der Waals surface area (Å²) in [5, 5.41) is 8.71. The predicted octanol–water partition coefficient (Wildman–Crippen LogP) is 1.10. The maximum Gasteiger partial charge on any atom is 0.324 e. The Hall–Kier alpha value is -2.94. The van der Waals surface area contributed by atoms with Crippen LogP contribution in [0, 0.1) is 17.2 Å². The molecule has 0 atom stereocenters. The van der Waals surface area contributed by atoms with Gasteiger partial charge in [0.05, 0.1) is 25.9 Å². The highest BCUT2D eigenvalue weighted by molar-refractivity contribution is 6.05. The molecule has 0 saturated heterocycles. The number of benzene rings is 1. The SMILES string of the molecule is COC(=O)C(C(=O)OC)/C(C=O)=C\c1ccc(C#N)cc1. The maximum atomic E-state index is 11.6. The van der Waals surface area contributed by atoms with Gasteiger partial charge in [-0.3, -0.25) is 14.4 Å². The zero-order valence-electron chi connectivity index (χ0n) is 11.5. The van der Waals surface area contributed by atoms with Crippen molar-refractivity contribution >= 4 is 24.3 Å². The molecule has 0 aliphatic rings. The molecule has 0 heterocycles. The number of carbonyl (C=O) groups excluding carboxylic acids is 3. The van der Waals surface area contributed by atoms with Crippen molar-refractivity contribution in [3.63, 3.8) is 0 Å². The monoisotopic (exact) mass is 287 g/mol. The molecule has 0 fully saturated rings. The minimum absolute atomic E-state index is 0.0848. The lowest BCUT2D eigenvalue weighted by Crippen LogP contribution is -2.28. The Labute approximate surface area is 121 Å². The van der Waals surface area contributed by atoms with Crippen LogP contribution in [0.3, 0.4) is 0 Å². The lowest BCUT2D eigenvalue weighted by molar-refractivity contribution is -0.157. The average Bonchev–Trinajstić information content (AvgIpc) is 2.54. The molecule has 0 spiro atoms. The van der Waals surface area contributed by atoms with Gasteiger partial charge in [-0.15, -0.1) is 0 Å². The van der Waals surface area contributed by atoms with Crippen LogP contribution in [-0.2, 0) is 23.9 Å². The van der Waals surface area contributed by atoms with Crippen molar-refractivity contribution < 1.29 is 23.9 Å². The van der Waals surface area contributed by atoms with Gasteiger partial charge in [-0.2, -0.15) is 5.26 Å². The van der Waals surface area contributed by atoms with E-state index < -0.39 is 17.9 Å². The van der Waals surface area contributed by atoms with Crippen molar-refractivity contribution in [2.45, 2.75) is 0 Å². The van der Waals surface area contributed by atoms with E-state index in [2.05, 4.69) is 9.47 Å². The highest BCUT2D eigenvalue weighted by Crippen LogP contribution is 2.17. The Morgan fingerprint density at radius 2 is 1.67 bits per heavy atom. The van der Waals surface area contributed by atoms with Crippen LogP contribution in [0.15, 0.2) is 29.8 Å². The molecular formula is C15H13NO5. The first-order valence-electron chi connectivity index (χ1n) is 5.90. The number of hydrogen-bond donors (Lipinski definition) is 0. The fourth-order valence-corrected chi connectivity index (χ4v) is 1.64. The zero-order chi connectivity index (χ0) is 15.8. The van der Waals surface area contributed by atoms with Crippen LogP contribution in [-0.4, -0.2) is 32.4 Å². The minimum atomic E-state index is -1.44. The maximum absolute atomic E-state index is 11.6. The lowest BCUT2D eigenvalue weighted by Gasteiger charge is -2.12. The fraction of sp³-hybridized carbons (Fsp3) is 0.200. The molecule has 0 radical (unpaired) electrons. The number of carbonyl (C=O) groups is 3. The Kier molecular flexibility index (Phi) is 5.83. The van der Waals surface area contributed by atoms with E-state index in [1.165, 1.54) is 6.08 Å². The van der Waals surface area contributed by atoms with Crippen LogP contribution < -0.4 is 0 Å². The molecule has 1 rings (SSSR count). The molecule has 0 bridgehead atoms. The van der Waals surface area contributed by atoms with E-state index in [9.17, 15) is 14.4 Å². The molecule has 0 aliphatic carbocycles. The Morgan fingerprint density at radius 1 is 1.14 bits per heavy atom. The molecule has 0 unspecified atom stereocenters. The molecule has 0 amide bonds. The van der Waals surface area contributed by atoms with Crippen molar-refractivity contribution in [2.24, 2.45) is 5.92 Å². The molecule has 1 aromatic carbocycles. The second-order valence-electron chi connectivity index (χ2n) is 3.98. The standard InChI is InChI=1S/C15H13NO5/c1-20-14(18)13(15(19)21-2)12(9-17)7-10-3-5-11(8-16)6-4-10/h3-7,9,13H,1-2H3/b12-7-. The van der Waals surface area contributed by atoms with Gasteiger partial charge < -0.3 is 9.47 Å². The van der Waals surface area contributed by atoms with Gasteiger partial charge in [0.25, 0.3) is 0 Å². The summed E-state index contributed by atoms with van der Waals surface area (Å²) in [5.41, 5.74) is 0.935. The smallest absolute Gasteiger partial charge is 0.324 e. The Balaban J connectivity index is 3.20. The molecule has 6 heteroatoms. The highest BCUT2D eigenvalue weighted by Gasteiger charge is 2.32. The van der Waals surface area contributed by atoms with Crippen molar-refractivity contribution in [3.8, 4) is 6.07 Å². The number of ether oxygens (including phenoxy) is 2. The Morgan fingerprint density at radius 3 is 2.05 bits per heavy atom. The molecule has 108 valence electrons. The van der Waals surface area contributed by atoms with Gasteiger partial charge in [-0.1, -0.05) is 12.1 Å². The summed E-state index contributed by atoms with van der Waals surface area (Å²) in [6, 6.07) is 8.25. The number of nitriles is 1. The fourth-order valence-electron chi connectivity index (χ4n) is 1.64. The number of esters is 2. The minimum Gasteiger partial charge on any atom is -0.468 e. The number of rotatable bonds is 5. The van der Waals surface area contributed by atoms with E-state index in [-0.39, 0.29) is 5.57 Å². The summed E-state index contributed by atoms with van der Waals surface area (Å²) >= 11 is 0. The van der Waals surface area contributed by atoms with Gasteiger partial charge >= 0.3 is 11.9 Å².